The summed E-state index contributed by atoms with van der Waals surface area (Å²) in [4.78, 5) is 29.8. The minimum absolute atomic E-state index is 0.107. The number of hydrogen-bond acceptors (Lipinski definition) is 4. The first kappa shape index (κ1) is 19.5. The number of nitrogens with one attached hydrogen (secondary N) is 2. The predicted octanol–water partition coefficient (Wildman–Crippen LogP) is 4.21. The third kappa shape index (κ3) is 4.46. The second-order valence-electron chi connectivity index (χ2n) is 6.79. The predicted molar refractivity (Wildman–Crippen MR) is 114 cm³/mol. The maximum atomic E-state index is 12.5. The van der Waals surface area contributed by atoms with E-state index in [0.29, 0.717) is 10.7 Å². The molecule has 148 valence electrons. The van der Waals surface area contributed by atoms with E-state index in [1.807, 2.05) is 48.0 Å². The van der Waals surface area contributed by atoms with Crippen molar-refractivity contribution in [3.63, 3.8) is 0 Å². The molecule has 1 aliphatic rings. The van der Waals surface area contributed by atoms with Gasteiger partial charge in [0.15, 0.2) is 0 Å². The Bertz CT molecular complexity index is 1040. The fourth-order valence-electron chi connectivity index (χ4n) is 3.16. The first-order chi connectivity index (χ1) is 14.0. The van der Waals surface area contributed by atoms with Gasteiger partial charge in [-0.2, -0.15) is 0 Å². The maximum absolute atomic E-state index is 12.5. The van der Waals surface area contributed by atoms with Crippen LogP contribution in [0.25, 0.3) is 5.69 Å². The Morgan fingerprint density at radius 3 is 2.83 bits per heavy atom. The van der Waals surface area contributed by atoms with E-state index in [1.54, 1.807) is 24.7 Å². The number of halogens is 1. The highest BCUT2D eigenvalue weighted by Crippen LogP contribution is 2.38. The number of thioether (sulfide) groups is 1. The average Bonchev–Trinajstić information content (AvgIpc) is 3.23. The first-order valence-corrected chi connectivity index (χ1v) is 10.4. The van der Waals surface area contributed by atoms with Crippen molar-refractivity contribution in [2.24, 2.45) is 0 Å². The van der Waals surface area contributed by atoms with E-state index in [1.165, 1.54) is 11.8 Å². The quantitative estimate of drug-likeness (QED) is 0.640. The topological polar surface area (TPSA) is 76.0 Å². The van der Waals surface area contributed by atoms with E-state index in [-0.39, 0.29) is 24.3 Å². The molecule has 2 heterocycles. The van der Waals surface area contributed by atoms with Crippen molar-refractivity contribution in [2.45, 2.75) is 29.5 Å². The molecule has 8 heteroatoms. The molecule has 29 heavy (non-hydrogen) atoms. The average molecular weight is 427 g/mol. The van der Waals surface area contributed by atoms with Gasteiger partial charge in [0.05, 0.1) is 23.3 Å². The van der Waals surface area contributed by atoms with Crippen LogP contribution in [0.4, 0.5) is 5.69 Å². The molecule has 2 unspecified atom stereocenters. The molecule has 2 amide bonds. The number of carbonyl (C=O) groups excluding carboxylic acids is 2. The van der Waals surface area contributed by atoms with E-state index in [0.717, 1.165) is 16.1 Å². The molecule has 0 radical (unpaired) electrons. The minimum Gasteiger partial charge on any atom is -0.350 e. The summed E-state index contributed by atoms with van der Waals surface area (Å²) in [5, 5.41) is 5.90. The van der Waals surface area contributed by atoms with E-state index in [9.17, 15) is 9.59 Å². The lowest BCUT2D eigenvalue weighted by atomic mass is 10.1. The molecule has 0 aliphatic carbocycles. The Balaban J connectivity index is 1.37. The summed E-state index contributed by atoms with van der Waals surface area (Å²) in [7, 11) is 0. The third-order valence-corrected chi connectivity index (χ3v) is 6.22. The molecule has 0 fully saturated rings. The molecule has 0 saturated heterocycles. The molecule has 3 aromatic rings. The largest absolute Gasteiger partial charge is 0.350 e. The monoisotopic (exact) mass is 426 g/mol. The molecular weight excluding hydrogens is 408 g/mol. The van der Waals surface area contributed by atoms with E-state index in [2.05, 4.69) is 15.6 Å². The molecule has 2 N–H and O–H groups in total. The van der Waals surface area contributed by atoms with Crippen LogP contribution in [0.2, 0.25) is 5.02 Å². The Kier molecular flexibility index (Phi) is 5.60. The van der Waals surface area contributed by atoms with Crippen LogP contribution in [0.5, 0.6) is 0 Å². The zero-order valence-corrected chi connectivity index (χ0v) is 17.2. The third-order valence-electron chi connectivity index (χ3n) is 4.71. The van der Waals surface area contributed by atoms with Crippen LogP contribution < -0.4 is 10.6 Å². The van der Waals surface area contributed by atoms with Crippen molar-refractivity contribution in [3.05, 3.63) is 71.8 Å². The van der Waals surface area contributed by atoms with Gasteiger partial charge in [-0.15, -0.1) is 11.8 Å². The normalized spacial score (nSPS) is 16.6. The number of nitrogens with zero attached hydrogens (tertiary/aromatic N) is 2. The Morgan fingerprint density at radius 1 is 1.31 bits per heavy atom. The lowest BCUT2D eigenvalue weighted by Gasteiger charge is -2.24. The zero-order valence-electron chi connectivity index (χ0n) is 15.6. The van der Waals surface area contributed by atoms with Gasteiger partial charge in [-0.3, -0.25) is 9.59 Å². The molecule has 0 bridgehead atoms. The van der Waals surface area contributed by atoms with Crippen LogP contribution in [0.15, 0.2) is 66.1 Å². The number of hydrogen-bond donors (Lipinski definition) is 2. The van der Waals surface area contributed by atoms with Crippen LogP contribution in [0, 0.1) is 0 Å². The summed E-state index contributed by atoms with van der Waals surface area (Å²) in [5.41, 5.74) is 2.68. The highest BCUT2D eigenvalue weighted by molar-refractivity contribution is 8.01. The van der Waals surface area contributed by atoms with Crippen molar-refractivity contribution >= 4 is 40.9 Å². The van der Waals surface area contributed by atoms with Crippen molar-refractivity contribution in [2.75, 3.05) is 5.32 Å². The Hall–Kier alpha value is -2.77. The summed E-state index contributed by atoms with van der Waals surface area (Å²) in [6.07, 6.45) is 5.44. The summed E-state index contributed by atoms with van der Waals surface area (Å²) in [5.74, 6) is -0.349. The lowest BCUT2D eigenvalue weighted by molar-refractivity contribution is -0.124. The molecule has 2 atom stereocenters. The number of fused-ring (bicyclic) bond motifs is 1. The van der Waals surface area contributed by atoms with Crippen LogP contribution in [0.1, 0.15) is 24.9 Å². The van der Waals surface area contributed by atoms with Gasteiger partial charge in [0.2, 0.25) is 11.8 Å². The van der Waals surface area contributed by atoms with Gasteiger partial charge in [-0.05, 0) is 42.8 Å². The summed E-state index contributed by atoms with van der Waals surface area (Å²) in [6.45, 7) is 1.93. The van der Waals surface area contributed by atoms with Crippen LogP contribution in [-0.4, -0.2) is 26.6 Å². The smallest absolute Gasteiger partial charge is 0.238 e. The van der Waals surface area contributed by atoms with Crippen LogP contribution in [0.3, 0.4) is 0 Å². The van der Waals surface area contributed by atoms with E-state index >= 15 is 0 Å². The number of rotatable bonds is 5. The molecule has 0 saturated carbocycles. The molecule has 2 aromatic carbocycles. The Labute approximate surface area is 177 Å². The van der Waals surface area contributed by atoms with E-state index < -0.39 is 5.25 Å². The van der Waals surface area contributed by atoms with Crippen molar-refractivity contribution in [3.8, 4) is 5.69 Å². The fourth-order valence-corrected chi connectivity index (χ4v) is 4.42. The standard InChI is InChI=1S/C21H19ClN4O2S/c1-13(14-2-5-16(6-3-14)26-9-8-23-12-26)24-20(27)11-19-21(28)25-17-10-15(22)4-7-18(17)29-19/h2-10,12-13,19H,11H2,1H3,(H,24,27)(H,25,28). The first-order valence-electron chi connectivity index (χ1n) is 9.14. The molecule has 6 nitrogen and oxygen atoms in total. The summed E-state index contributed by atoms with van der Waals surface area (Å²) in [6, 6.07) is 13.1. The van der Waals surface area contributed by atoms with Gasteiger partial charge in [-0.1, -0.05) is 23.7 Å². The molecular formula is C21H19ClN4O2S. The van der Waals surface area contributed by atoms with Crippen LogP contribution >= 0.6 is 23.4 Å². The fraction of sp³-hybridized carbons (Fsp3) is 0.190. The number of amides is 2. The molecule has 0 spiro atoms. The SMILES string of the molecule is CC(NC(=O)CC1Sc2ccc(Cl)cc2NC1=O)c1ccc(-n2ccnc2)cc1. The van der Waals surface area contributed by atoms with Crippen LogP contribution in [-0.2, 0) is 9.59 Å². The number of benzene rings is 2. The summed E-state index contributed by atoms with van der Waals surface area (Å²) >= 11 is 7.36. The Morgan fingerprint density at radius 2 is 2.10 bits per heavy atom. The minimum atomic E-state index is -0.473. The van der Waals surface area contributed by atoms with Crippen molar-refractivity contribution in [1.82, 2.24) is 14.9 Å². The van der Waals surface area contributed by atoms with Gasteiger partial charge in [0.25, 0.3) is 0 Å². The molecule has 1 aliphatic heterocycles. The van der Waals surface area contributed by atoms with Gasteiger partial charge < -0.3 is 15.2 Å². The number of imidazole rings is 1. The molecule has 4 rings (SSSR count). The summed E-state index contributed by atoms with van der Waals surface area (Å²) < 4.78 is 1.91. The van der Waals surface area contributed by atoms with Gasteiger partial charge in [0, 0.05) is 34.4 Å². The number of carbonyl (C=O) groups is 2. The number of aromatic nitrogens is 2. The maximum Gasteiger partial charge on any atom is 0.238 e. The highest BCUT2D eigenvalue weighted by atomic mass is 35.5. The zero-order chi connectivity index (χ0) is 20.4. The van der Waals surface area contributed by atoms with Crippen molar-refractivity contribution in [1.29, 1.82) is 0 Å². The lowest BCUT2D eigenvalue weighted by Crippen LogP contribution is -2.35. The second kappa shape index (κ2) is 8.31. The highest BCUT2D eigenvalue weighted by Gasteiger charge is 2.29. The van der Waals surface area contributed by atoms with Crippen molar-refractivity contribution < 1.29 is 9.59 Å². The second-order valence-corrected chi connectivity index (χ2v) is 8.47. The van der Waals surface area contributed by atoms with Gasteiger partial charge in [0.1, 0.15) is 0 Å². The number of anilines is 1. The van der Waals surface area contributed by atoms with Gasteiger partial charge >= 0.3 is 0 Å². The van der Waals surface area contributed by atoms with E-state index in [4.69, 9.17) is 11.6 Å². The van der Waals surface area contributed by atoms with Gasteiger partial charge in [-0.25, -0.2) is 4.98 Å². The molecule has 1 aromatic heterocycles.